The normalized spacial score (nSPS) is 21.3. The maximum absolute atomic E-state index is 4.77. The van der Waals surface area contributed by atoms with Crippen LogP contribution in [0.15, 0.2) is 36.7 Å². The van der Waals surface area contributed by atoms with Crippen molar-refractivity contribution in [3.8, 4) is 0 Å². The van der Waals surface area contributed by atoms with Gasteiger partial charge in [-0.3, -0.25) is 4.90 Å². The van der Waals surface area contributed by atoms with E-state index in [0.717, 1.165) is 19.0 Å². The molecule has 3 heterocycles. The first kappa shape index (κ1) is 18.0. The second kappa shape index (κ2) is 7.40. The first-order chi connectivity index (χ1) is 13.7. The highest BCUT2D eigenvalue weighted by Crippen LogP contribution is 2.36. The lowest BCUT2D eigenvalue weighted by Crippen LogP contribution is -2.37. The van der Waals surface area contributed by atoms with Crippen molar-refractivity contribution >= 4 is 10.9 Å². The molecule has 0 N–H and O–H groups in total. The number of fused-ring (bicyclic) bond motifs is 1. The van der Waals surface area contributed by atoms with E-state index in [-0.39, 0.29) is 0 Å². The Labute approximate surface area is 168 Å². The molecule has 4 nitrogen and oxygen atoms in total. The largest absolute Gasteiger partial charge is 0.350 e. The summed E-state index contributed by atoms with van der Waals surface area (Å²) in [6, 6.07) is 8.79. The van der Waals surface area contributed by atoms with Gasteiger partial charge in [0, 0.05) is 61.6 Å². The molecule has 0 amide bonds. The number of benzene rings is 1. The number of aryl methyl sites for hydroxylation is 2. The van der Waals surface area contributed by atoms with Crippen LogP contribution in [0.4, 0.5) is 0 Å². The van der Waals surface area contributed by atoms with Gasteiger partial charge in [0.2, 0.25) is 0 Å². The van der Waals surface area contributed by atoms with E-state index in [2.05, 4.69) is 64.7 Å². The van der Waals surface area contributed by atoms with Crippen LogP contribution < -0.4 is 0 Å². The average molecular weight is 377 g/mol. The van der Waals surface area contributed by atoms with Crippen LogP contribution in [-0.4, -0.2) is 32.1 Å². The Hall–Kier alpha value is -2.07. The van der Waals surface area contributed by atoms with Crippen molar-refractivity contribution in [3.63, 3.8) is 0 Å². The lowest BCUT2D eigenvalue weighted by molar-refractivity contribution is 0.154. The lowest BCUT2D eigenvalue weighted by Gasteiger charge is -2.34. The smallest absolute Gasteiger partial charge is 0.111 e. The summed E-state index contributed by atoms with van der Waals surface area (Å²) >= 11 is 0. The molecule has 2 aromatic heterocycles. The Bertz CT molecular complexity index is 962. The maximum atomic E-state index is 4.77. The second-order valence-electron chi connectivity index (χ2n) is 9.02. The molecule has 1 atom stereocenters. The van der Waals surface area contributed by atoms with Gasteiger partial charge in [-0.1, -0.05) is 24.6 Å². The number of para-hydroxylation sites is 1. The molecule has 0 spiro atoms. The van der Waals surface area contributed by atoms with Gasteiger partial charge in [0.25, 0.3) is 0 Å². The van der Waals surface area contributed by atoms with Gasteiger partial charge in [0.1, 0.15) is 5.82 Å². The van der Waals surface area contributed by atoms with Crippen LogP contribution in [-0.2, 0) is 20.1 Å². The highest BCUT2D eigenvalue weighted by atomic mass is 15.2. The van der Waals surface area contributed by atoms with E-state index in [1.54, 1.807) is 0 Å². The van der Waals surface area contributed by atoms with Crippen molar-refractivity contribution in [1.29, 1.82) is 0 Å². The van der Waals surface area contributed by atoms with Crippen molar-refractivity contribution in [2.75, 3.05) is 13.1 Å². The fourth-order valence-electron chi connectivity index (χ4n) is 5.20. The number of likely N-dealkylation sites (tertiary alicyclic amines) is 1. The fraction of sp³-hybridized carbons (Fsp3) is 0.542. The average Bonchev–Trinajstić information content (AvgIpc) is 3.16. The molecule has 5 rings (SSSR count). The zero-order valence-electron chi connectivity index (χ0n) is 17.3. The topological polar surface area (TPSA) is 26.0 Å². The highest BCUT2D eigenvalue weighted by Gasteiger charge is 2.27. The summed E-state index contributed by atoms with van der Waals surface area (Å²) in [6.07, 6.45) is 11.1. The van der Waals surface area contributed by atoms with E-state index in [1.807, 2.05) is 0 Å². The van der Waals surface area contributed by atoms with Crippen LogP contribution >= 0.6 is 0 Å². The monoisotopic (exact) mass is 376 g/mol. The summed E-state index contributed by atoms with van der Waals surface area (Å²) in [5, 5.41) is 1.41. The number of hydrogen-bond acceptors (Lipinski definition) is 2. The van der Waals surface area contributed by atoms with Crippen LogP contribution in [0.25, 0.3) is 10.9 Å². The molecule has 1 saturated carbocycles. The summed E-state index contributed by atoms with van der Waals surface area (Å²) in [5.41, 5.74) is 4.14. The number of rotatable bonds is 5. The fourth-order valence-corrected chi connectivity index (χ4v) is 5.20. The van der Waals surface area contributed by atoms with E-state index >= 15 is 0 Å². The van der Waals surface area contributed by atoms with Crippen molar-refractivity contribution in [2.45, 2.75) is 58.0 Å². The third kappa shape index (κ3) is 3.28. The predicted molar refractivity (Wildman–Crippen MR) is 114 cm³/mol. The molecule has 1 aliphatic heterocycles. The molecule has 1 unspecified atom stereocenters. The zero-order valence-corrected chi connectivity index (χ0v) is 17.3. The van der Waals surface area contributed by atoms with E-state index in [9.17, 15) is 0 Å². The first-order valence-electron chi connectivity index (χ1n) is 11.0. The molecular formula is C24H32N4. The third-order valence-corrected chi connectivity index (χ3v) is 6.97. The van der Waals surface area contributed by atoms with Gasteiger partial charge in [-0.25, -0.2) is 4.98 Å². The Balaban J connectivity index is 1.30. The summed E-state index contributed by atoms with van der Waals surface area (Å²) in [4.78, 5) is 7.45. The summed E-state index contributed by atoms with van der Waals surface area (Å²) in [6.45, 7) is 6.86. The van der Waals surface area contributed by atoms with Crippen LogP contribution in [0.3, 0.4) is 0 Å². The second-order valence-corrected chi connectivity index (χ2v) is 9.02. The first-order valence-corrected chi connectivity index (χ1v) is 11.0. The Kier molecular flexibility index (Phi) is 4.75. The van der Waals surface area contributed by atoms with Gasteiger partial charge in [0.15, 0.2) is 0 Å². The number of aromatic nitrogens is 3. The number of piperidine rings is 1. The molecule has 28 heavy (non-hydrogen) atoms. The minimum Gasteiger partial charge on any atom is -0.350 e. The zero-order chi connectivity index (χ0) is 19.1. The van der Waals surface area contributed by atoms with Gasteiger partial charge in [0.05, 0.1) is 0 Å². The number of nitrogens with zero attached hydrogens (tertiary/aromatic N) is 4. The van der Waals surface area contributed by atoms with Gasteiger partial charge < -0.3 is 9.13 Å². The van der Waals surface area contributed by atoms with Crippen molar-refractivity contribution in [2.24, 2.45) is 13.0 Å². The Morgan fingerprint density at radius 3 is 2.79 bits per heavy atom. The van der Waals surface area contributed by atoms with E-state index in [0.29, 0.717) is 5.92 Å². The van der Waals surface area contributed by atoms with Gasteiger partial charge in [-0.2, -0.15) is 0 Å². The molecule has 2 aliphatic rings. The molecule has 2 fully saturated rings. The standard InChI is InChI=1S/C24H32N4/c1-18-13-25-24(20-8-5-9-20)28(18)15-19-7-6-12-27(14-19)17-21-16-26(2)23-11-4-3-10-22(21)23/h3-4,10-11,13,16,19-20H,5-9,12,14-15,17H2,1-2H3. The van der Waals surface area contributed by atoms with Crippen LogP contribution in [0, 0.1) is 12.8 Å². The maximum Gasteiger partial charge on any atom is 0.111 e. The lowest BCUT2D eigenvalue weighted by atomic mass is 9.84. The van der Waals surface area contributed by atoms with Crippen molar-refractivity contribution in [3.05, 3.63) is 53.7 Å². The number of imidazole rings is 1. The van der Waals surface area contributed by atoms with Crippen LogP contribution in [0.5, 0.6) is 0 Å². The molecule has 1 aliphatic carbocycles. The minimum absolute atomic E-state index is 0.712. The summed E-state index contributed by atoms with van der Waals surface area (Å²) in [7, 11) is 2.16. The number of hydrogen-bond donors (Lipinski definition) is 0. The minimum atomic E-state index is 0.712. The van der Waals surface area contributed by atoms with Gasteiger partial charge >= 0.3 is 0 Å². The van der Waals surface area contributed by atoms with E-state index < -0.39 is 0 Å². The van der Waals surface area contributed by atoms with E-state index in [4.69, 9.17) is 4.98 Å². The molecule has 3 aromatic rings. The third-order valence-electron chi connectivity index (χ3n) is 6.97. The van der Waals surface area contributed by atoms with Crippen LogP contribution in [0.1, 0.15) is 55.1 Å². The Morgan fingerprint density at radius 1 is 1.11 bits per heavy atom. The summed E-state index contributed by atoms with van der Waals surface area (Å²) in [5.74, 6) is 2.80. The molecular weight excluding hydrogens is 344 g/mol. The molecule has 148 valence electrons. The SMILES string of the molecule is Cc1cnc(C2CCC2)n1CC1CCCN(Cc2cn(C)c3ccccc23)C1. The molecule has 1 saturated heterocycles. The van der Waals surface area contributed by atoms with Gasteiger partial charge in [-0.05, 0) is 56.7 Å². The van der Waals surface area contributed by atoms with Crippen LogP contribution in [0.2, 0.25) is 0 Å². The predicted octanol–water partition coefficient (Wildman–Crippen LogP) is 4.86. The van der Waals surface area contributed by atoms with Crippen molar-refractivity contribution < 1.29 is 0 Å². The van der Waals surface area contributed by atoms with Crippen molar-refractivity contribution in [1.82, 2.24) is 19.0 Å². The molecule has 1 aromatic carbocycles. The van der Waals surface area contributed by atoms with Gasteiger partial charge in [-0.15, -0.1) is 0 Å². The Morgan fingerprint density at radius 2 is 1.96 bits per heavy atom. The molecule has 4 heteroatoms. The molecule has 0 radical (unpaired) electrons. The highest BCUT2D eigenvalue weighted by molar-refractivity contribution is 5.83. The quantitative estimate of drug-likeness (QED) is 0.635. The van der Waals surface area contributed by atoms with E-state index in [1.165, 1.54) is 73.2 Å². The molecule has 0 bridgehead atoms. The summed E-state index contributed by atoms with van der Waals surface area (Å²) < 4.78 is 4.81.